The van der Waals surface area contributed by atoms with Crippen LogP contribution in [0.15, 0.2) is 18.5 Å². The number of aromatic nitrogens is 1. The molecule has 1 aliphatic rings. The topological polar surface area (TPSA) is 88.2 Å². The van der Waals surface area contributed by atoms with Crippen LogP contribution in [-0.4, -0.2) is 28.6 Å². The SMILES string of the molecule is NC(=O)c1cnccc1NCC(O)C1CC1. The Morgan fingerprint density at radius 3 is 3.06 bits per heavy atom. The van der Waals surface area contributed by atoms with E-state index in [0.29, 0.717) is 23.7 Å². The minimum absolute atomic E-state index is 0.352. The number of hydrogen-bond acceptors (Lipinski definition) is 4. The molecule has 1 aliphatic carbocycles. The number of nitrogens with zero attached hydrogens (tertiary/aromatic N) is 1. The molecule has 1 saturated carbocycles. The summed E-state index contributed by atoms with van der Waals surface area (Å²) in [4.78, 5) is 14.9. The maximum atomic E-state index is 11.1. The van der Waals surface area contributed by atoms with Crippen molar-refractivity contribution in [2.45, 2.75) is 18.9 Å². The summed E-state index contributed by atoms with van der Waals surface area (Å²) in [6.07, 6.45) is 4.82. The predicted octanol–water partition coefficient (Wildman–Crippen LogP) is 0.363. The van der Waals surface area contributed by atoms with E-state index in [1.54, 1.807) is 12.3 Å². The van der Waals surface area contributed by atoms with E-state index in [-0.39, 0.29) is 6.10 Å². The van der Waals surface area contributed by atoms with Crippen LogP contribution in [-0.2, 0) is 0 Å². The minimum atomic E-state index is -0.517. The maximum Gasteiger partial charge on any atom is 0.252 e. The molecule has 1 aromatic rings. The Hall–Kier alpha value is -1.62. The van der Waals surface area contributed by atoms with E-state index in [4.69, 9.17) is 5.73 Å². The highest BCUT2D eigenvalue weighted by Gasteiger charge is 2.29. The number of aliphatic hydroxyl groups is 1. The summed E-state index contributed by atoms with van der Waals surface area (Å²) in [6, 6.07) is 1.68. The molecule has 0 saturated heterocycles. The Labute approximate surface area is 93.7 Å². The van der Waals surface area contributed by atoms with Gasteiger partial charge in [-0.2, -0.15) is 0 Å². The Balaban J connectivity index is 1.99. The molecule has 16 heavy (non-hydrogen) atoms. The molecule has 0 aliphatic heterocycles. The average Bonchev–Trinajstić information content (AvgIpc) is 3.10. The average molecular weight is 221 g/mol. The zero-order valence-electron chi connectivity index (χ0n) is 8.89. The van der Waals surface area contributed by atoms with Crippen LogP contribution in [0.1, 0.15) is 23.2 Å². The highest BCUT2D eigenvalue weighted by molar-refractivity contribution is 5.98. The van der Waals surface area contributed by atoms with Gasteiger partial charge in [0.05, 0.1) is 17.4 Å². The fourth-order valence-corrected chi connectivity index (χ4v) is 1.61. The van der Waals surface area contributed by atoms with Crippen LogP contribution in [0.5, 0.6) is 0 Å². The van der Waals surface area contributed by atoms with Crippen molar-refractivity contribution in [1.29, 1.82) is 0 Å². The van der Waals surface area contributed by atoms with Gasteiger partial charge in [-0.25, -0.2) is 0 Å². The number of anilines is 1. The Morgan fingerprint density at radius 1 is 1.69 bits per heavy atom. The van der Waals surface area contributed by atoms with Crippen LogP contribution >= 0.6 is 0 Å². The summed E-state index contributed by atoms with van der Waals surface area (Å²) in [5.41, 5.74) is 6.19. The summed E-state index contributed by atoms with van der Waals surface area (Å²) in [5.74, 6) is -0.108. The smallest absolute Gasteiger partial charge is 0.252 e. The number of amides is 1. The maximum absolute atomic E-state index is 11.1. The van der Waals surface area contributed by atoms with E-state index in [0.717, 1.165) is 12.8 Å². The van der Waals surface area contributed by atoms with Crippen LogP contribution in [0.3, 0.4) is 0 Å². The third kappa shape index (κ3) is 2.49. The number of carbonyl (C=O) groups excluding carboxylic acids is 1. The quantitative estimate of drug-likeness (QED) is 0.670. The molecule has 5 nitrogen and oxygen atoms in total. The second-order valence-electron chi connectivity index (χ2n) is 4.07. The van der Waals surface area contributed by atoms with E-state index in [1.807, 2.05) is 0 Å². The van der Waals surface area contributed by atoms with Gasteiger partial charge in [0.1, 0.15) is 0 Å². The van der Waals surface area contributed by atoms with E-state index < -0.39 is 5.91 Å². The summed E-state index contributed by atoms with van der Waals surface area (Å²) >= 11 is 0. The van der Waals surface area contributed by atoms with Gasteiger partial charge in [0, 0.05) is 18.9 Å². The molecule has 0 radical (unpaired) electrons. The van der Waals surface area contributed by atoms with Crippen LogP contribution < -0.4 is 11.1 Å². The Kier molecular flexibility index (Phi) is 3.05. The van der Waals surface area contributed by atoms with Gasteiger partial charge >= 0.3 is 0 Å². The molecule has 0 bridgehead atoms. The second kappa shape index (κ2) is 4.49. The van der Waals surface area contributed by atoms with Crippen molar-refractivity contribution in [3.63, 3.8) is 0 Å². The van der Waals surface area contributed by atoms with Gasteiger partial charge in [0.2, 0.25) is 0 Å². The first-order valence-electron chi connectivity index (χ1n) is 5.34. The molecule has 1 fully saturated rings. The number of rotatable bonds is 5. The second-order valence-corrected chi connectivity index (χ2v) is 4.07. The summed E-state index contributed by atoms with van der Waals surface area (Å²) < 4.78 is 0. The molecular weight excluding hydrogens is 206 g/mol. The molecule has 1 aromatic heterocycles. The lowest BCUT2D eigenvalue weighted by Crippen LogP contribution is -2.23. The first-order chi connectivity index (χ1) is 7.68. The zero-order chi connectivity index (χ0) is 11.5. The summed E-state index contributed by atoms with van der Waals surface area (Å²) in [6.45, 7) is 0.439. The van der Waals surface area contributed by atoms with Crippen LogP contribution in [0, 0.1) is 5.92 Å². The third-order valence-corrected chi connectivity index (χ3v) is 2.75. The van der Waals surface area contributed by atoms with Crippen LogP contribution in [0.25, 0.3) is 0 Å². The summed E-state index contributed by atoms with van der Waals surface area (Å²) in [5, 5.41) is 12.7. The van der Waals surface area contributed by atoms with Crippen LogP contribution in [0.2, 0.25) is 0 Å². The number of aliphatic hydroxyl groups excluding tert-OH is 1. The first kappa shape index (κ1) is 10.9. The van der Waals surface area contributed by atoms with Gasteiger partial charge in [-0.1, -0.05) is 0 Å². The molecule has 1 unspecified atom stereocenters. The van der Waals surface area contributed by atoms with Crippen molar-refractivity contribution in [2.75, 3.05) is 11.9 Å². The molecule has 2 rings (SSSR count). The fraction of sp³-hybridized carbons (Fsp3) is 0.455. The molecule has 1 amide bonds. The molecule has 86 valence electrons. The lowest BCUT2D eigenvalue weighted by atomic mass is 10.2. The molecule has 0 spiro atoms. The van der Waals surface area contributed by atoms with E-state index in [9.17, 15) is 9.90 Å². The number of nitrogens with one attached hydrogen (secondary N) is 1. The minimum Gasteiger partial charge on any atom is -0.391 e. The summed E-state index contributed by atoms with van der Waals surface area (Å²) in [7, 11) is 0. The number of hydrogen-bond donors (Lipinski definition) is 3. The predicted molar refractivity (Wildman–Crippen MR) is 60.0 cm³/mol. The zero-order valence-corrected chi connectivity index (χ0v) is 8.89. The number of nitrogens with two attached hydrogens (primary N) is 1. The van der Waals surface area contributed by atoms with Crippen molar-refractivity contribution in [3.8, 4) is 0 Å². The van der Waals surface area contributed by atoms with Crippen molar-refractivity contribution >= 4 is 11.6 Å². The van der Waals surface area contributed by atoms with Gasteiger partial charge in [-0.05, 0) is 24.8 Å². The van der Waals surface area contributed by atoms with Crippen molar-refractivity contribution < 1.29 is 9.90 Å². The van der Waals surface area contributed by atoms with Gasteiger partial charge in [0.25, 0.3) is 5.91 Å². The molecule has 0 aromatic carbocycles. The van der Waals surface area contributed by atoms with E-state index >= 15 is 0 Å². The highest BCUT2D eigenvalue weighted by Crippen LogP contribution is 2.32. The first-order valence-corrected chi connectivity index (χ1v) is 5.34. The van der Waals surface area contributed by atoms with Gasteiger partial charge in [0.15, 0.2) is 0 Å². The van der Waals surface area contributed by atoms with Crippen LogP contribution in [0.4, 0.5) is 5.69 Å². The fourth-order valence-electron chi connectivity index (χ4n) is 1.61. The normalized spacial score (nSPS) is 16.8. The Bertz CT molecular complexity index is 391. The highest BCUT2D eigenvalue weighted by atomic mass is 16.3. The largest absolute Gasteiger partial charge is 0.391 e. The van der Waals surface area contributed by atoms with Gasteiger partial charge in [-0.15, -0.1) is 0 Å². The number of carbonyl (C=O) groups is 1. The molecular formula is C11H15N3O2. The monoisotopic (exact) mass is 221 g/mol. The lowest BCUT2D eigenvalue weighted by molar-refractivity contribution is 0.100. The standard InChI is InChI=1S/C11H15N3O2/c12-11(16)8-5-13-4-3-9(8)14-6-10(15)7-1-2-7/h3-5,7,10,15H,1-2,6H2,(H2,12,16)(H,13,14). The molecule has 5 heteroatoms. The van der Waals surface area contributed by atoms with Crippen molar-refractivity contribution in [2.24, 2.45) is 11.7 Å². The molecule has 4 N–H and O–H groups in total. The van der Waals surface area contributed by atoms with Crippen molar-refractivity contribution in [3.05, 3.63) is 24.0 Å². The van der Waals surface area contributed by atoms with E-state index in [1.165, 1.54) is 6.20 Å². The van der Waals surface area contributed by atoms with E-state index in [2.05, 4.69) is 10.3 Å². The molecule has 1 atom stereocenters. The third-order valence-electron chi connectivity index (χ3n) is 2.75. The lowest BCUT2D eigenvalue weighted by Gasteiger charge is -2.13. The Morgan fingerprint density at radius 2 is 2.44 bits per heavy atom. The van der Waals surface area contributed by atoms with Gasteiger partial charge in [-0.3, -0.25) is 9.78 Å². The number of primary amides is 1. The number of pyridine rings is 1. The molecule has 1 heterocycles. The van der Waals surface area contributed by atoms with Crippen molar-refractivity contribution in [1.82, 2.24) is 4.98 Å². The van der Waals surface area contributed by atoms with Gasteiger partial charge < -0.3 is 16.2 Å².